The highest BCUT2D eigenvalue weighted by molar-refractivity contribution is 5.74. The zero-order chi connectivity index (χ0) is 14.7. The maximum Gasteiger partial charge on any atom is 0.317 e. The number of carbonyl (C=O) groups excluding carboxylic acids is 1. The predicted molar refractivity (Wildman–Crippen MR) is 73.3 cm³/mol. The van der Waals surface area contributed by atoms with Gasteiger partial charge in [0.05, 0.1) is 12.0 Å². The number of carbonyl (C=O) groups is 2. The van der Waals surface area contributed by atoms with E-state index < -0.39 is 5.97 Å². The minimum absolute atomic E-state index is 0.0903. The molecule has 2 fully saturated rings. The molecule has 6 nitrogen and oxygen atoms in total. The molecule has 0 aromatic rings. The van der Waals surface area contributed by atoms with Crippen LogP contribution in [0.15, 0.2) is 0 Å². The summed E-state index contributed by atoms with van der Waals surface area (Å²) < 4.78 is 0. The van der Waals surface area contributed by atoms with Crippen molar-refractivity contribution < 1.29 is 19.8 Å². The first kappa shape index (κ1) is 15.1. The van der Waals surface area contributed by atoms with Crippen molar-refractivity contribution in [1.29, 1.82) is 0 Å². The van der Waals surface area contributed by atoms with Crippen molar-refractivity contribution in [2.45, 2.75) is 50.7 Å². The van der Waals surface area contributed by atoms with Crippen LogP contribution in [0.5, 0.6) is 0 Å². The average molecular weight is 284 g/mol. The van der Waals surface area contributed by atoms with Crippen LogP contribution < -0.4 is 5.32 Å². The second kappa shape index (κ2) is 6.43. The molecule has 6 heteroatoms. The van der Waals surface area contributed by atoms with Gasteiger partial charge in [-0.25, -0.2) is 4.79 Å². The smallest absolute Gasteiger partial charge is 0.317 e. The molecule has 0 unspecified atom stereocenters. The number of rotatable bonds is 4. The molecule has 0 aliphatic heterocycles. The number of carboxylic acid groups (broad SMARTS) is 1. The number of hydrogen-bond acceptors (Lipinski definition) is 3. The molecule has 2 amide bonds. The van der Waals surface area contributed by atoms with Gasteiger partial charge in [-0.2, -0.15) is 0 Å². The molecule has 2 aliphatic rings. The molecule has 0 aromatic carbocycles. The summed E-state index contributed by atoms with van der Waals surface area (Å²) >= 11 is 0. The minimum Gasteiger partial charge on any atom is -0.481 e. The zero-order valence-corrected chi connectivity index (χ0v) is 11.9. The van der Waals surface area contributed by atoms with E-state index in [9.17, 15) is 14.7 Å². The molecular weight excluding hydrogens is 260 g/mol. The molecule has 0 radical (unpaired) electrons. The Labute approximate surface area is 119 Å². The largest absolute Gasteiger partial charge is 0.481 e. The number of amides is 2. The van der Waals surface area contributed by atoms with Gasteiger partial charge in [-0.1, -0.05) is 0 Å². The number of urea groups is 1. The van der Waals surface area contributed by atoms with E-state index in [2.05, 4.69) is 5.32 Å². The van der Waals surface area contributed by atoms with Crippen LogP contribution >= 0.6 is 0 Å². The summed E-state index contributed by atoms with van der Waals surface area (Å²) in [5.41, 5.74) is 0. The van der Waals surface area contributed by atoms with E-state index in [1.54, 1.807) is 11.9 Å². The number of nitrogens with zero attached hydrogens (tertiary/aromatic N) is 1. The third-order valence-corrected chi connectivity index (χ3v) is 4.49. The van der Waals surface area contributed by atoms with Gasteiger partial charge < -0.3 is 20.4 Å². The first-order valence-electron chi connectivity index (χ1n) is 7.38. The summed E-state index contributed by atoms with van der Waals surface area (Å²) in [5, 5.41) is 21.1. The Morgan fingerprint density at radius 1 is 1.20 bits per heavy atom. The fourth-order valence-corrected chi connectivity index (χ4v) is 3.09. The fourth-order valence-electron chi connectivity index (χ4n) is 3.09. The van der Waals surface area contributed by atoms with E-state index in [0.717, 1.165) is 25.7 Å². The molecule has 0 saturated heterocycles. The molecule has 0 bridgehead atoms. The van der Waals surface area contributed by atoms with Crippen LogP contribution in [0.1, 0.15) is 38.5 Å². The van der Waals surface area contributed by atoms with Crippen LogP contribution in [0.25, 0.3) is 0 Å². The Kier molecular flexibility index (Phi) is 4.86. The molecule has 114 valence electrons. The van der Waals surface area contributed by atoms with Crippen molar-refractivity contribution in [2.75, 3.05) is 13.6 Å². The van der Waals surface area contributed by atoms with Gasteiger partial charge in [-0.15, -0.1) is 0 Å². The van der Waals surface area contributed by atoms with Crippen LogP contribution in [0.2, 0.25) is 0 Å². The first-order valence-corrected chi connectivity index (χ1v) is 7.38. The highest BCUT2D eigenvalue weighted by Gasteiger charge is 2.30. The Balaban J connectivity index is 1.68. The van der Waals surface area contributed by atoms with Crippen molar-refractivity contribution in [2.24, 2.45) is 11.8 Å². The SMILES string of the molecule is CN(CC1CC(O)C1)C(=O)NC1CCC(C(=O)O)CC1. The maximum absolute atomic E-state index is 12.0. The Morgan fingerprint density at radius 2 is 1.80 bits per heavy atom. The zero-order valence-electron chi connectivity index (χ0n) is 11.9. The first-order chi connectivity index (χ1) is 9.45. The lowest BCUT2D eigenvalue weighted by Gasteiger charge is -2.35. The molecule has 20 heavy (non-hydrogen) atoms. The third-order valence-electron chi connectivity index (χ3n) is 4.49. The highest BCUT2D eigenvalue weighted by Crippen LogP contribution is 2.28. The third kappa shape index (κ3) is 3.85. The van der Waals surface area contributed by atoms with Crippen molar-refractivity contribution in [3.05, 3.63) is 0 Å². The second-order valence-corrected chi connectivity index (χ2v) is 6.21. The molecule has 0 atom stereocenters. The predicted octanol–water partition coefficient (Wildman–Crippen LogP) is 1.04. The summed E-state index contributed by atoms with van der Waals surface area (Å²) in [7, 11) is 1.77. The number of aliphatic hydroxyl groups is 1. The molecule has 0 aromatic heterocycles. The summed E-state index contributed by atoms with van der Waals surface area (Å²) in [6.45, 7) is 0.674. The average Bonchev–Trinajstić information content (AvgIpc) is 2.37. The standard InChI is InChI=1S/C14H24N2O4/c1-16(8-9-6-12(17)7-9)14(20)15-11-4-2-10(3-5-11)13(18)19/h9-12,17H,2-8H2,1H3,(H,15,20)(H,18,19). The number of nitrogens with one attached hydrogen (secondary N) is 1. The summed E-state index contributed by atoms with van der Waals surface area (Å²) in [4.78, 5) is 24.5. The van der Waals surface area contributed by atoms with Gasteiger partial charge in [-0.3, -0.25) is 4.79 Å². The molecule has 2 saturated carbocycles. The topological polar surface area (TPSA) is 89.9 Å². The number of hydrogen-bond donors (Lipinski definition) is 3. The van der Waals surface area contributed by atoms with Gasteiger partial charge in [0.15, 0.2) is 0 Å². The lowest BCUT2D eigenvalue weighted by molar-refractivity contribution is -0.142. The monoisotopic (exact) mass is 284 g/mol. The summed E-state index contributed by atoms with van der Waals surface area (Å²) in [6.07, 6.45) is 4.11. The summed E-state index contributed by atoms with van der Waals surface area (Å²) in [6, 6.07) is -0.00213. The van der Waals surface area contributed by atoms with Gasteiger partial charge >= 0.3 is 12.0 Å². The van der Waals surface area contributed by atoms with Crippen LogP contribution in [0.4, 0.5) is 4.79 Å². The number of carboxylic acids is 1. The van der Waals surface area contributed by atoms with Crippen molar-refractivity contribution in [3.8, 4) is 0 Å². The second-order valence-electron chi connectivity index (χ2n) is 6.21. The van der Waals surface area contributed by atoms with Crippen LogP contribution in [-0.4, -0.2) is 52.9 Å². The summed E-state index contributed by atoms with van der Waals surface area (Å²) in [5.74, 6) is -0.573. The van der Waals surface area contributed by atoms with E-state index in [1.807, 2.05) is 0 Å². The van der Waals surface area contributed by atoms with Crippen molar-refractivity contribution in [3.63, 3.8) is 0 Å². The number of aliphatic carboxylic acids is 1. The van der Waals surface area contributed by atoms with Crippen LogP contribution in [-0.2, 0) is 4.79 Å². The molecular formula is C14H24N2O4. The van der Waals surface area contributed by atoms with E-state index >= 15 is 0 Å². The van der Waals surface area contributed by atoms with Gasteiger partial charge in [0, 0.05) is 19.6 Å². The van der Waals surface area contributed by atoms with Gasteiger partial charge in [0.25, 0.3) is 0 Å². The van der Waals surface area contributed by atoms with E-state index in [0.29, 0.717) is 25.3 Å². The molecule has 2 aliphatic carbocycles. The lowest BCUT2D eigenvalue weighted by Crippen LogP contribution is -2.47. The lowest BCUT2D eigenvalue weighted by atomic mass is 9.82. The molecule has 0 heterocycles. The van der Waals surface area contributed by atoms with Crippen LogP contribution in [0.3, 0.4) is 0 Å². The Hall–Kier alpha value is -1.30. The Morgan fingerprint density at radius 3 is 2.30 bits per heavy atom. The highest BCUT2D eigenvalue weighted by atomic mass is 16.4. The van der Waals surface area contributed by atoms with Crippen LogP contribution in [0, 0.1) is 11.8 Å². The molecule has 3 N–H and O–H groups in total. The van der Waals surface area contributed by atoms with Crippen molar-refractivity contribution in [1.82, 2.24) is 10.2 Å². The number of aliphatic hydroxyl groups excluding tert-OH is 1. The molecule has 2 rings (SSSR count). The maximum atomic E-state index is 12.0. The quantitative estimate of drug-likeness (QED) is 0.719. The van der Waals surface area contributed by atoms with E-state index in [1.165, 1.54) is 0 Å². The fraction of sp³-hybridized carbons (Fsp3) is 0.857. The molecule has 0 spiro atoms. The van der Waals surface area contributed by atoms with Gasteiger partial charge in [-0.05, 0) is 44.4 Å². The normalized spacial score (nSPS) is 33.1. The minimum atomic E-state index is -0.726. The van der Waals surface area contributed by atoms with Gasteiger partial charge in [0.1, 0.15) is 0 Å². The Bertz CT molecular complexity index is 360. The van der Waals surface area contributed by atoms with E-state index in [-0.39, 0.29) is 24.1 Å². The van der Waals surface area contributed by atoms with Gasteiger partial charge in [0.2, 0.25) is 0 Å². The van der Waals surface area contributed by atoms with E-state index in [4.69, 9.17) is 5.11 Å². The van der Waals surface area contributed by atoms with Crippen molar-refractivity contribution >= 4 is 12.0 Å².